The van der Waals surface area contributed by atoms with Gasteiger partial charge in [0.2, 0.25) is 0 Å². The Hall–Kier alpha value is -0.960. The van der Waals surface area contributed by atoms with Gasteiger partial charge in [0.25, 0.3) is 0 Å². The molecule has 0 fully saturated rings. The third kappa shape index (κ3) is 2.51. The van der Waals surface area contributed by atoms with Gasteiger partial charge in [-0.05, 0) is 19.0 Å². The quantitative estimate of drug-likeness (QED) is 0.786. The summed E-state index contributed by atoms with van der Waals surface area (Å²) in [6.07, 6.45) is 0.788. The SMILES string of the molecule is CCNC(CC)c1ccc(F)cc1F. The van der Waals surface area contributed by atoms with E-state index < -0.39 is 11.6 Å². The number of rotatable bonds is 4. The van der Waals surface area contributed by atoms with Crippen LogP contribution in [-0.4, -0.2) is 6.54 Å². The first-order chi connectivity index (χ1) is 6.69. The van der Waals surface area contributed by atoms with Crippen LogP contribution >= 0.6 is 0 Å². The van der Waals surface area contributed by atoms with E-state index in [9.17, 15) is 8.78 Å². The smallest absolute Gasteiger partial charge is 0.130 e. The molecule has 0 bridgehead atoms. The van der Waals surface area contributed by atoms with Gasteiger partial charge >= 0.3 is 0 Å². The summed E-state index contributed by atoms with van der Waals surface area (Å²) in [4.78, 5) is 0. The van der Waals surface area contributed by atoms with Crippen molar-refractivity contribution in [3.8, 4) is 0 Å². The van der Waals surface area contributed by atoms with Crippen molar-refractivity contribution >= 4 is 0 Å². The summed E-state index contributed by atoms with van der Waals surface area (Å²) in [6, 6.07) is 3.69. The summed E-state index contributed by atoms with van der Waals surface area (Å²) in [6.45, 7) is 4.70. The van der Waals surface area contributed by atoms with Crippen LogP contribution in [0.25, 0.3) is 0 Å². The zero-order valence-corrected chi connectivity index (χ0v) is 8.48. The maximum absolute atomic E-state index is 13.3. The highest BCUT2D eigenvalue weighted by molar-refractivity contribution is 5.22. The highest BCUT2D eigenvalue weighted by Crippen LogP contribution is 2.20. The van der Waals surface area contributed by atoms with E-state index in [4.69, 9.17) is 0 Å². The minimum absolute atomic E-state index is 0.0272. The lowest BCUT2D eigenvalue weighted by Gasteiger charge is -2.16. The number of hydrogen-bond acceptors (Lipinski definition) is 1. The largest absolute Gasteiger partial charge is 0.310 e. The fraction of sp³-hybridized carbons (Fsp3) is 0.455. The van der Waals surface area contributed by atoms with E-state index >= 15 is 0 Å². The number of halogens is 2. The Morgan fingerprint density at radius 2 is 2.00 bits per heavy atom. The zero-order chi connectivity index (χ0) is 10.6. The summed E-state index contributed by atoms with van der Waals surface area (Å²) in [5, 5.41) is 3.15. The van der Waals surface area contributed by atoms with E-state index in [1.807, 2.05) is 13.8 Å². The molecule has 0 radical (unpaired) electrons. The molecule has 78 valence electrons. The number of benzene rings is 1. The van der Waals surface area contributed by atoms with Crippen LogP contribution in [0.5, 0.6) is 0 Å². The lowest BCUT2D eigenvalue weighted by atomic mass is 10.0. The minimum atomic E-state index is -0.530. The Morgan fingerprint density at radius 3 is 2.50 bits per heavy atom. The van der Waals surface area contributed by atoms with E-state index in [1.165, 1.54) is 12.1 Å². The fourth-order valence-corrected chi connectivity index (χ4v) is 1.50. The van der Waals surface area contributed by atoms with Crippen LogP contribution in [0.2, 0.25) is 0 Å². The third-order valence-electron chi connectivity index (χ3n) is 2.20. The van der Waals surface area contributed by atoms with Crippen LogP contribution in [0.4, 0.5) is 8.78 Å². The van der Waals surface area contributed by atoms with Gasteiger partial charge in [0, 0.05) is 17.7 Å². The second kappa shape index (κ2) is 5.05. The second-order valence-electron chi connectivity index (χ2n) is 3.18. The van der Waals surface area contributed by atoms with Gasteiger partial charge in [-0.25, -0.2) is 8.78 Å². The highest BCUT2D eigenvalue weighted by atomic mass is 19.1. The lowest BCUT2D eigenvalue weighted by molar-refractivity contribution is 0.494. The Kier molecular flexibility index (Phi) is 4.01. The Bertz CT molecular complexity index is 299. The molecule has 0 spiro atoms. The molecular weight excluding hydrogens is 184 g/mol. The number of nitrogens with one attached hydrogen (secondary N) is 1. The van der Waals surface area contributed by atoms with Crippen molar-refractivity contribution in [1.82, 2.24) is 5.32 Å². The van der Waals surface area contributed by atoms with Crippen LogP contribution < -0.4 is 5.32 Å². The Balaban J connectivity index is 2.92. The Labute approximate surface area is 83.1 Å². The van der Waals surface area contributed by atoms with Crippen molar-refractivity contribution in [3.05, 3.63) is 35.4 Å². The highest BCUT2D eigenvalue weighted by Gasteiger charge is 2.12. The van der Waals surface area contributed by atoms with Crippen LogP contribution in [0.1, 0.15) is 31.9 Å². The van der Waals surface area contributed by atoms with Gasteiger partial charge in [0.05, 0.1) is 0 Å². The van der Waals surface area contributed by atoms with E-state index in [0.717, 1.165) is 19.0 Å². The zero-order valence-electron chi connectivity index (χ0n) is 8.48. The molecule has 0 aliphatic heterocycles. The summed E-state index contributed by atoms with van der Waals surface area (Å²) in [5.74, 6) is -1.00. The second-order valence-corrected chi connectivity index (χ2v) is 3.18. The van der Waals surface area contributed by atoms with Gasteiger partial charge < -0.3 is 5.32 Å². The average molecular weight is 199 g/mol. The summed E-state index contributed by atoms with van der Waals surface area (Å²) >= 11 is 0. The summed E-state index contributed by atoms with van der Waals surface area (Å²) in [5.41, 5.74) is 0.538. The van der Waals surface area contributed by atoms with Gasteiger partial charge in [-0.3, -0.25) is 0 Å². The Morgan fingerprint density at radius 1 is 1.29 bits per heavy atom. The van der Waals surface area contributed by atoms with Crippen molar-refractivity contribution in [1.29, 1.82) is 0 Å². The van der Waals surface area contributed by atoms with E-state index in [0.29, 0.717) is 5.56 Å². The molecule has 0 saturated carbocycles. The first-order valence-corrected chi connectivity index (χ1v) is 4.87. The average Bonchev–Trinajstić information content (AvgIpc) is 2.15. The maximum Gasteiger partial charge on any atom is 0.130 e. The van der Waals surface area contributed by atoms with E-state index in [-0.39, 0.29) is 6.04 Å². The van der Waals surface area contributed by atoms with Crippen molar-refractivity contribution in [2.24, 2.45) is 0 Å². The van der Waals surface area contributed by atoms with E-state index in [2.05, 4.69) is 5.32 Å². The fourth-order valence-electron chi connectivity index (χ4n) is 1.50. The molecule has 1 N–H and O–H groups in total. The molecular formula is C11H15F2N. The van der Waals surface area contributed by atoms with Crippen LogP contribution in [0.3, 0.4) is 0 Å². The molecule has 1 aromatic carbocycles. The molecule has 3 heteroatoms. The van der Waals surface area contributed by atoms with Crippen LogP contribution in [-0.2, 0) is 0 Å². The molecule has 1 nitrogen and oxygen atoms in total. The molecule has 0 aromatic heterocycles. The minimum Gasteiger partial charge on any atom is -0.310 e. The third-order valence-corrected chi connectivity index (χ3v) is 2.20. The molecule has 1 rings (SSSR count). The van der Waals surface area contributed by atoms with Gasteiger partial charge in [0.15, 0.2) is 0 Å². The molecule has 0 amide bonds. The lowest BCUT2D eigenvalue weighted by Crippen LogP contribution is -2.21. The van der Waals surface area contributed by atoms with Crippen molar-refractivity contribution < 1.29 is 8.78 Å². The standard InChI is InChI=1S/C11H15F2N/c1-3-11(14-4-2)9-6-5-8(12)7-10(9)13/h5-7,11,14H,3-4H2,1-2H3. The van der Waals surface area contributed by atoms with Crippen molar-refractivity contribution in [2.45, 2.75) is 26.3 Å². The predicted octanol–water partition coefficient (Wildman–Crippen LogP) is 3.03. The normalized spacial score (nSPS) is 12.9. The summed E-state index contributed by atoms with van der Waals surface area (Å²) in [7, 11) is 0. The van der Waals surface area contributed by atoms with Gasteiger partial charge in [-0.15, -0.1) is 0 Å². The van der Waals surface area contributed by atoms with Crippen LogP contribution in [0, 0.1) is 11.6 Å². The molecule has 1 aromatic rings. The summed E-state index contributed by atoms with van der Waals surface area (Å²) < 4.78 is 26.0. The topological polar surface area (TPSA) is 12.0 Å². The molecule has 14 heavy (non-hydrogen) atoms. The molecule has 1 atom stereocenters. The molecule has 0 heterocycles. The predicted molar refractivity (Wildman–Crippen MR) is 53.1 cm³/mol. The van der Waals surface area contributed by atoms with Gasteiger partial charge in [-0.2, -0.15) is 0 Å². The van der Waals surface area contributed by atoms with Crippen molar-refractivity contribution in [3.63, 3.8) is 0 Å². The molecule has 0 aliphatic rings. The number of hydrogen-bond donors (Lipinski definition) is 1. The maximum atomic E-state index is 13.3. The van der Waals surface area contributed by atoms with Gasteiger partial charge in [-0.1, -0.05) is 19.9 Å². The van der Waals surface area contributed by atoms with E-state index in [1.54, 1.807) is 0 Å². The first-order valence-electron chi connectivity index (χ1n) is 4.87. The monoisotopic (exact) mass is 199 g/mol. The van der Waals surface area contributed by atoms with Crippen molar-refractivity contribution in [2.75, 3.05) is 6.54 Å². The molecule has 0 aliphatic carbocycles. The first kappa shape index (κ1) is 11.1. The molecule has 1 unspecified atom stereocenters. The van der Waals surface area contributed by atoms with Crippen LogP contribution in [0.15, 0.2) is 18.2 Å². The molecule has 0 saturated heterocycles. The van der Waals surface area contributed by atoms with Gasteiger partial charge in [0.1, 0.15) is 11.6 Å².